The van der Waals surface area contributed by atoms with Crippen LogP contribution in [-0.2, 0) is 11.3 Å². The molecule has 2 aromatic rings. The second-order valence-corrected chi connectivity index (χ2v) is 6.04. The third-order valence-electron chi connectivity index (χ3n) is 4.44. The number of cyclic esters (lactones) is 1. The first-order valence-corrected chi connectivity index (χ1v) is 8.13. The molecule has 1 amide bonds. The highest BCUT2D eigenvalue weighted by molar-refractivity contribution is 5.90. The number of aliphatic hydroxyl groups is 1. The molecule has 1 unspecified atom stereocenters. The van der Waals surface area contributed by atoms with E-state index in [0.717, 1.165) is 17.9 Å². The summed E-state index contributed by atoms with van der Waals surface area (Å²) in [6.07, 6.45) is 3.52. The third-order valence-corrected chi connectivity index (χ3v) is 4.44. The summed E-state index contributed by atoms with van der Waals surface area (Å²) in [6, 6.07) is 5.58. The summed E-state index contributed by atoms with van der Waals surface area (Å²) in [4.78, 5) is 17.9. The molecule has 1 N–H and O–H groups in total. The highest BCUT2D eigenvalue weighted by Crippen LogP contribution is 2.34. The minimum atomic E-state index is -0.633. The van der Waals surface area contributed by atoms with Crippen molar-refractivity contribution >= 4 is 11.8 Å². The number of anilines is 1. The first kappa shape index (κ1) is 15.0. The van der Waals surface area contributed by atoms with Crippen LogP contribution in [0.5, 0.6) is 5.75 Å². The van der Waals surface area contributed by atoms with Gasteiger partial charge in [0, 0.05) is 18.5 Å². The molecule has 1 fully saturated rings. The molecule has 1 aromatic carbocycles. The fourth-order valence-corrected chi connectivity index (χ4v) is 3.17. The number of rotatable bonds is 4. The highest BCUT2D eigenvalue weighted by Gasteiger charge is 2.36. The monoisotopic (exact) mass is 329 g/mol. The van der Waals surface area contributed by atoms with Crippen molar-refractivity contribution in [2.24, 2.45) is 0 Å². The number of amides is 1. The molecule has 126 valence electrons. The van der Waals surface area contributed by atoms with Crippen molar-refractivity contribution < 1.29 is 19.4 Å². The molecule has 7 nitrogen and oxygen atoms in total. The van der Waals surface area contributed by atoms with E-state index in [1.54, 1.807) is 6.20 Å². The van der Waals surface area contributed by atoms with Crippen LogP contribution in [0.4, 0.5) is 10.5 Å². The summed E-state index contributed by atoms with van der Waals surface area (Å²) < 4.78 is 13.0. The summed E-state index contributed by atoms with van der Waals surface area (Å²) in [6.45, 7) is 2.73. The van der Waals surface area contributed by atoms with Gasteiger partial charge >= 0.3 is 6.09 Å². The lowest BCUT2D eigenvalue weighted by Crippen LogP contribution is -2.31. The topological polar surface area (TPSA) is 76.8 Å². The SMILES string of the molecule is CCCC(O)[C@H]1CN(c2ccc3c(c2)OCc2nccn2-3)C(=O)O1. The summed E-state index contributed by atoms with van der Waals surface area (Å²) >= 11 is 0. The van der Waals surface area contributed by atoms with Crippen molar-refractivity contribution in [3.05, 3.63) is 36.4 Å². The fraction of sp³-hybridized carbons (Fsp3) is 0.412. The molecule has 3 heterocycles. The Balaban J connectivity index is 1.59. The van der Waals surface area contributed by atoms with Crippen LogP contribution in [0.15, 0.2) is 30.6 Å². The van der Waals surface area contributed by atoms with Crippen molar-refractivity contribution in [2.45, 2.75) is 38.6 Å². The minimum absolute atomic E-state index is 0.342. The number of fused-ring (bicyclic) bond motifs is 3. The summed E-state index contributed by atoms with van der Waals surface area (Å²) in [5.74, 6) is 1.54. The molecule has 0 radical (unpaired) electrons. The van der Waals surface area contributed by atoms with Crippen LogP contribution in [0.1, 0.15) is 25.6 Å². The van der Waals surface area contributed by atoms with E-state index in [4.69, 9.17) is 9.47 Å². The quantitative estimate of drug-likeness (QED) is 0.931. The number of ether oxygens (including phenoxy) is 2. The van der Waals surface area contributed by atoms with Gasteiger partial charge in [-0.2, -0.15) is 0 Å². The molecular weight excluding hydrogens is 310 g/mol. The maximum atomic E-state index is 12.2. The van der Waals surface area contributed by atoms with Gasteiger partial charge in [0.05, 0.1) is 24.0 Å². The summed E-state index contributed by atoms with van der Waals surface area (Å²) in [5, 5.41) is 10.1. The number of aliphatic hydroxyl groups excluding tert-OH is 1. The number of aromatic nitrogens is 2. The third kappa shape index (κ3) is 2.41. The van der Waals surface area contributed by atoms with E-state index in [0.29, 0.717) is 31.0 Å². The van der Waals surface area contributed by atoms with E-state index >= 15 is 0 Å². The van der Waals surface area contributed by atoms with Crippen LogP contribution in [0.2, 0.25) is 0 Å². The highest BCUT2D eigenvalue weighted by atomic mass is 16.6. The summed E-state index contributed by atoms with van der Waals surface area (Å²) in [5.41, 5.74) is 1.60. The maximum absolute atomic E-state index is 12.2. The van der Waals surface area contributed by atoms with Crippen molar-refractivity contribution in [1.29, 1.82) is 0 Å². The van der Waals surface area contributed by atoms with Crippen molar-refractivity contribution in [3.63, 3.8) is 0 Å². The number of carbonyl (C=O) groups excluding carboxylic acids is 1. The molecule has 0 bridgehead atoms. The fourth-order valence-electron chi connectivity index (χ4n) is 3.17. The molecule has 2 aliphatic rings. The van der Waals surface area contributed by atoms with E-state index in [1.165, 1.54) is 4.90 Å². The zero-order valence-corrected chi connectivity index (χ0v) is 13.4. The van der Waals surface area contributed by atoms with Gasteiger partial charge in [-0.15, -0.1) is 0 Å². The number of imidazole rings is 1. The Labute approximate surface area is 139 Å². The molecule has 7 heteroatoms. The lowest BCUT2D eigenvalue weighted by atomic mass is 10.1. The molecule has 24 heavy (non-hydrogen) atoms. The second kappa shape index (κ2) is 5.83. The Kier molecular flexibility index (Phi) is 3.65. The van der Waals surface area contributed by atoms with Gasteiger partial charge in [0.25, 0.3) is 0 Å². The van der Waals surface area contributed by atoms with Gasteiger partial charge in [0.2, 0.25) is 0 Å². The Morgan fingerprint density at radius 3 is 3.17 bits per heavy atom. The lowest BCUT2D eigenvalue weighted by molar-refractivity contribution is 0.0276. The van der Waals surface area contributed by atoms with Gasteiger partial charge in [-0.25, -0.2) is 9.78 Å². The second-order valence-electron chi connectivity index (χ2n) is 6.04. The van der Waals surface area contributed by atoms with Crippen molar-refractivity contribution in [2.75, 3.05) is 11.4 Å². The zero-order chi connectivity index (χ0) is 16.7. The molecule has 0 aliphatic carbocycles. The largest absolute Gasteiger partial charge is 0.483 e. The zero-order valence-electron chi connectivity index (χ0n) is 13.4. The van der Waals surface area contributed by atoms with Gasteiger partial charge in [-0.05, 0) is 18.6 Å². The first-order valence-electron chi connectivity index (χ1n) is 8.13. The number of nitrogens with zero attached hydrogens (tertiary/aromatic N) is 3. The van der Waals surface area contributed by atoms with Crippen LogP contribution < -0.4 is 9.64 Å². The minimum Gasteiger partial charge on any atom is -0.483 e. The number of carbonyl (C=O) groups is 1. The standard InChI is InChI=1S/C17H19N3O4/c1-2-3-13(21)15-9-20(17(22)24-15)11-4-5-12-14(8-11)23-10-16-18-6-7-19(12)16/h4-8,13,15,21H,2-3,9-10H2,1H3/t13?,15-/m1/s1. The van der Waals surface area contributed by atoms with Crippen molar-refractivity contribution in [3.8, 4) is 11.4 Å². The van der Waals surface area contributed by atoms with Crippen LogP contribution in [0.25, 0.3) is 5.69 Å². The van der Waals surface area contributed by atoms with Crippen LogP contribution >= 0.6 is 0 Å². The van der Waals surface area contributed by atoms with Gasteiger partial charge < -0.3 is 14.6 Å². The molecule has 0 saturated carbocycles. The smallest absolute Gasteiger partial charge is 0.414 e. The molecule has 4 rings (SSSR count). The van der Waals surface area contributed by atoms with Crippen LogP contribution in [0, 0.1) is 0 Å². The predicted octanol–water partition coefficient (Wildman–Crippen LogP) is 2.25. The van der Waals surface area contributed by atoms with Gasteiger partial charge in [-0.3, -0.25) is 9.47 Å². The number of benzene rings is 1. The van der Waals surface area contributed by atoms with E-state index < -0.39 is 18.3 Å². The Morgan fingerprint density at radius 1 is 1.46 bits per heavy atom. The van der Waals surface area contributed by atoms with Crippen molar-refractivity contribution in [1.82, 2.24) is 9.55 Å². The van der Waals surface area contributed by atoms with Crippen LogP contribution in [0.3, 0.4) is 0 Å². The van der Waals surface area contributed by atoms with Gasteiger partial charge in [0.15, 0.2) is 5.82 Å². The molecule has 1 saturated heterocycles. The maximum Gasteiger partial charge on any atom is 0.414 e. The number of hydrogen-bond donors (Lipinski definition) is 1. The van der Waals surface area contributed by atoms with Crippen LogP contribution in [-0.4, -0.2) is 39.5 Å². The number of hydrogen-bond acceptors (Lipinski definition) is 5. The first-order chi connectivity index (χ1) is 11.7. The Bertz CT molecular complexity index is 773. The van der Waals surface area contributed by atoms with E-state index in [-0.39, 0.29) is 0 Å². The molecule has 2 aliphatic heterocycles. The average Bonchev–Trinajstić information content (AvgIpc) is 3.21. The molecule has 1 aromatic heterocycles. The molecular formula is C17H19N3O4. The Morgan fingerprint density at radius 2 is 2.33 bits per heavy atom. The normalized spacial score (nSPS) is 20.2. The van der Waals surface area contributed by atoms with E-state index in [2.05, 4.69) is 4.98 Å². The van der Waals surface area contributed by atoms with E-state index in [1.807, 2.05) is 35.9 Å². The molecule has 0 spiro atoms. The lowest BCUT2D eigenvalue weighted by Gasteiger charge is -2.22. The van der Waals surface area contributed by atoms with Gasteiger partial charge in [0.1, 0.15) is 18.5 Å². The van der Waals surface area contributed by atoms with Gasteiger partial charge in [-0.1, -0.05) is 13.3 Å². The Hall–Kier alpha value is -2.54. The molecule has 2 atom stereocenters. The predicted molar refractivity (Wildman–Crippen MR) is 86.4 cm³/mol. The average molecular weight is 329 g/mol. The van der Waals surface area contributed by atoms with E-state index in [9.17, 15) is 9.90 Å². The summed E-state index contributed by atoms with van der Waals surface area (Å²) in [7, 11) is 0.